The maximum atomic E-state index is 13.3. The van der Waals surface area contributed by atoms with E-state index in [-0.39, 0.29) is 28.2 Å². The van der Waals surface area contributed by atoms with E-state index in [4.69, 9.17) is 4.74 Å². The Hall–Kier alpha value is -3.31. The van der Waals surface area contributed by atoms with Gasteiger partial charge in [0.1, 0.15) is 10.8 Å². The minimum atomic E-state index is -4.00. The largest absolute Gasteiger partial charge is 0.462 e. The van der Waals surface area contributed by atoms with Crippen LogP contribution >= 0.6 is 11.8 Å². The summed E-state index contributed by atoms with van der Waals surface area (Å²) in [6.45, 7) is 1.99. The Morgan fingerprint density at radius 3 is 2.44 bits per heavy atom. The van der Waals surface area contributed by atoms with Crippen molar-refractivity contribution in [1.29, 1.82) is 0 Å². The van der Waals surface area contributed by atoms with Crippen LogP contribution in [0.15, 0.2) is 75.6 Å². The van der Waals surface area contributed by atoms with Crippen molar-refractivity contribution < 1.29 is 27.1 Å². The predicted octanol–water partition coefficient (Wildman–Crippen LogP) is 3.36. The Balaban J connectivity index is 1.57. The van der Waals surface area contributed by atoms with Crippen molar-refractivity contribution in [2.45, 2.75) is 21.9 Å². The average molecular weight is 476 g/mol. The zero-order chi connectivity index (χ0) is 23.1. The maximum Gasteiger partial charge on any atom is 0.338 e. The quantitative estimate of drug-likeness (QED) is 0.390. The van der Waals surface area contributed by atoms with Gasteiger partial charge < -0.3 is 10.1 Å². The highest BCUT2D eigenvalue weighted by Crippen LogP contribution is 2.21. The van der Waals surface area contributed by atoms with E-state index < -0.39 is 21.6 Å². The third kappa shape index (κ3) is 5.89. The number of benzene rings is 2. The number of carbonyl (C=O) groups is 2. The second-order valence-corrected chi connectivity index (χ2v) is 9.20. The first-order valence-electron chi connectivity index (χ1n) is 9.34. The number of nitrogens with one attached hydrogen (secondary N) is 1. The van der Waals surface area contributed by atoms with E-state index in [1.54, 1.807) is 31.2 Å². The normalized spacial score (nSPS) is 11.1. The number of esters is 1. The molecular weight excluding hydrogens is 457 g/mol. The van der Waals surface area contributed by atoms with Crippen molar-refractivity contribution in [3.05, 3.63) is 72.0 Å². The zero-order valence-electron chi connectivity index (χ0n) is 16.8. The standard InChI is InChI=1S/C21H18FN3O5S2/c1-2-30-21(27)14-6-8-16(9-7-14)23-18(26)13-31-19-10-11-20(25-24-19)32(28,29)17-5-3-4-15(22)12-17/h3-12H,2,13H2,1H3,(H,23,26). The number of hydrogen-bond acceptors (Lipinski definition) is 8. The fraction of sp³-hybridized carbons (Fsp3) is 0.143. The lowest BCUT2D eigenvalue weighted by Crippen LogP contribution is -2.14. The van der Waals surface area contributed by atoms with E-state index in [0.29, 0.717) is 16.3 Å². The molecule has 0 saturated heterocycles. The van der Waals surface area contributed by atoms with Crippen LogP contribution in [0, 0.1) is 5.82 Å². The molecule has 32 heavy (non-hydrogen) atoms. The summed E-state index contributed by atoms with van der Waals surface area (Å²) in [5, 5.41) is 10.2. The highest BCUT2D eigenvalue weighted by molar-refractivity contribution is 7.99. The number of carbonyl (C=O) groups excluding carboxylic acids is 2. The molecule has 1 aromatic heterocycles. The number of halogens is 1. The molecule has 0 atom stereocenters. The minimum absolute atomic E-state index is 0.00427. The van der Waals surface area contributed by atoms with Gasteiger partial charge >= 0.3 is 5.97 Å². The Labute approximate surface area is 188 Å². The van der Waals surface area contributed by atoms with E-state index in [9.17, 15) is 22.4 Å². The first-order valence-corrected chi connectivity index (χ1v) is 11.8. The number of anilines is 1. The van der Waals surface area contributed by atoms with Gasteiger partial charge in [0.2, 0.25) is 15.7 Å². The second-order valence-electron chi connectivity index (χ2n) is 6.31. The molecule has 0 spiro atoms. The van der Waals surface area contributed by atoms with Crippen LogP contribution in [0.1, 0.15) is 17.3 Å². The molecular formula is C21H18FN3O5S2. The number of sulfone groups is 1. The van der Waals surface area contributed by atoms with Crippen LogP contribution in [0.3, 0.4) is 0 Å². The number of hydrogen-bond donors (Lipinski definition) is 1. The smallest absolute Gasteiger partial charge is 0.338 e. The molecule has 2 aromatic carbocycles. The first-order chi connectivity index (χ1) is 15.3. The summed E-state index contributed by atoms with van der Waals surface area (Å²) in [5.41, 5.74) is 0.883. The van der Waals surface area contributed by atoms with Crippen molar-refractivity contribution in [2.75, 3.05) is 17.7 Å². The van der Waals surface area contributed by atoms with Gasteiger partial charge in [-0.15, -0.1) is 10.2 Å². The summed E-state index contributed by atoms with van der Waals surface area (Å²) in [6, 6.07) is 13.5. The van der Waals surface area contributed by atoms with E-state index in [2.05, 4.69) is 15.5 Å². The van der Waals surface area contributed by atoms with E-state index in [0.717, 1.165) is 23.9 Å². The Bertz CT molecular complexity index is 1220. The summed E-state index contributed by atoms with van der Waals surface area (Å²) in [6.07, 6.45) is 0. The molecule has 0 saturated carbocycles. The molecule has 1 heterocycles. The molecule has 1 amide bonds. The zero-order valence-corrected chi connectivity index (χ0v) is 18.5. The fourth-order valence-corrected chi connectivity index (χ4v) is 4.30. The number of amides is 1. The molecule has 3 rings (SSSR count). The highest BCUT2D eigenvalue weighted by atomic mass is 32.2. The van der Waals surface area contributed by atoms with Crippen molar-refractivity contribution in [3.8, 4) is 0 Å². The van der Waals surface area contributed by atoms with Crippen LogP contribution in [0.4, 0.5) is 10.1 Å². The van der Waals surface area contributed by atoms with Crippen LogP contribution < -0.4 is 5.32 Å². The summed E-state index contributed by atoms with van der Waals surface area (Å²) < 4.78 is 43.2. The van der Waals surface area contributed by atoms with Crippen molar-refractivity contribution in [1.82, 2.24) is 10.2 Å². The molecule has 0 radical (unpaired) electrons. The van der Waals surface area contributed by atoms with Gasteiger partial charge in [0.05, 0.1) is 22.8 Å². The van der Waals surface area contributed by atoms with Gasteiger partial charge in [0.25, 0.3) is 0 Å². The summed E-state index contributed by atoms with van der Waals surface area (Å²) in [5.74, 6) is -1.43. The third-order valence-electron chi connectivity index (χ3n) is 4.03. The molecule has 0 bridgehead atoms. The molecule has 0 aliphatic carbocycles. The molecule has 166 valence electrons. The van der Waals surface area contributed by atoms with Crippen molar-refractivity contribution >= 4 is 39.2 Å². The van der Waals surface area contributed by atoms with Gasteiger partial charge in [0.15, 0.2) is 5.03 Å². The fourth-order valence-electron chi connectivity index (χ4n) is 2.52. The molecule has 0 unspecified atom stereocenters. The Kier molecular flexibility index (Phi) is 7.54. The number of aromatic nitrogens is 2. The number of rotatable bonds is 8. The van der Waals surface area contributed by atoms with Gasteiger partial charge in [0, 0.05) is 5.69 Å². The average Bonchev–Trinajstić information content (AvgIpc) is 2.78. The lowest BCUT2D eigenvalue weighted by molar-refractivity contribution is -0.113. The molecule has 0 aliphatic heterocycles. The summed E-state index contributed by atoms with van der Waals surface area (Å²) in [7, 11) is -4.00. The lowest BCUT2D eigenvalue weighted by atomic mass is 10.2. The molecule has 0 fully saturated rings. The summed E-state index contributed by atoms with van der Waals surface area (Å²) in [4.78, 5) is 23.6. The predicted molar refractivity (Wildman–Crippen MR) is 116 cm³/mol. The van der Waals surface area contributed by atoms with Crippen molar-refractivity contribution in [2.24, 2.45) is 0 Å². The second kappa shape index (κ2) is 10.3. The molecule has 3 aromatic rings. The number of ether oxygens (including phenoxy) is 1. The number of nitrogens with zero attached hydrogens (tertiary/aromatic N) is 2. The minimum Gasteiger partial charge on any atom is -0.462 e. The molecule has 0 aliphatic rings. The van der Waals surface area contributed by atoms with E-state index >= 15 is 0 Å². The van der Waals surface area contributed by atoms with Crippen molar-refractivity contribution in [3.63, 3.8) is 0 Å². The van der Waals surface area contributed by atoms with Crippen LogP contribution in [0.5, 0.6) is 0 Å². The van der Waals surface area contributed by atoms with Gasteiger partial charge in [-0.3, -0.25) is 4.79 Å². The van der Waals surface area contributed by atoms with Gasteiger partial charge in [-0.25, -0.2) is 17.6 Å². The molecule has 8 nitrogen and oxygen atoms in total. The van der Waals surface area contributed by atoms with E-state index in [1.165, 1.54) is 24.3 Å². The SMILES string of the molecule is CCOC(=O)c1ccc(NC(=O)CSc2ccc(S(=O)(=O)c3cccc(F)c3)nn2)cc1. The Morgan fingerprint density at radius 2 is 1.81 bits per heavy atom. The van der Waals surface area contributed by atoms with Gasteiger partial charge in [-0.2, -0.15) is 0 Å². The summed E-state index contributed by atoms with van der Waals surface area (Å²) >= 11 is 1.07. The van der Waals surface area contributed by atoms with Gasteiger partial charge in [-0.1, -0.05) is 17.8 Å². The molecule has 11 heteroatoms. The van der Waals surface area contributed by atoms with Gasteiger partial charge in [-0.05, 0) is 61.5 Å². The van der Waals surface area contributed by atoms with Crippen LogP contribution in [0.25, 0.3) is 0 Å². The third-order valence-corrected chi connectivity index (χ3v) is 6.59. The Morgan fingerprint density at radius 1 is 1.06 bits per heavy atom. The van der Waals surface area contributed by atoms with Crippen LogP contribution in [0.2, 0.25) is 0 Å². The highest BCUT2D eigenvalue weighted by Gasteiger charge is 2.20. The van der Waals surface area contributed by atoms with Crippen LogP contribution in [-0.2, 0) is 19.4 Å². The first kappa shape index (κ1) is 23.4. The van der Waals surface area contributed by atoms with Crippen LogP contribution in [-0.4, -0.2) is 42.9 Å². The lowest BCUT2D eigenvalue weighted by Gasteiger charge is -2.07. The number of thioether (sulfide) groups is 1. The maximum absolute atomic E-state index is 13.3. The topological polar surface area (TPSA) is 115 Å². The monoisotopic (exact) mass is 475 g/mol. The molecule has 1 N–H and O–H groups in total. The van der Waals surface area contributed by atoms with E-state index in [1.807, 2.05) is 0 Å².